The third-order valence-corrected chi connectivity index (χ3v) is 2.07. The molecule has 1 aromatic heterocycles. The van der Waals surface area contributed by atoms with Gasteiger partial charge < -0.3 is 0 Å². The van der Waals surface area contributed by atoms with Crippen LogP contribution >= 0.6 is 11.5 Å². The molecule has 0 aliphatic rings. The number of hydrogen-bond donors (Lipinski definition) is 0. The van der Waals surface area contributed by atoms with Gasteiger partial charge in [0.15, 0.2) is 0 Å². The molecule has 0 N–H and O–H groups in total. The average molecular weight is 175 g/mol. The molecule has 2 aromatic rings. The molecule has 0 bridgehead atoms. The van der Waals surface area contributed by atoms with Crippen LogP contribution in [0.25, 0.3) is 0 Å². The van der Waals surface area contributed by atoms with Crippen molar-refractivity contribution in [1.29, 1.82) is 0 Å². The van der Waals surface area contributed by atoms with Crippen molar-refractivity contribution in [3.63, 3.8) is 0 Å². The first-order valence-electron chi connectivity index (χ1n) is 3.68. The van der Waals surface area contributed by atoms with Gasteiger partial charge in [-0.15, -0.1) is 5.10 Å². The molecule has 0 saturated heterocycles. The van der Waals surface area contributed by atoms with Crippen LogP contribution < -0.4 is 0 Å². The second-order valence-corrected chi connectivity index (χ2v) is 3.03. The molecule has 1 aromatic carbocycles. The summed E-state index contributed by atoms with van der Waals surface area (Å²) in [6.07, 6.45) is 0.831. The molecule has 0 unspecified atom stereocenters. The molecule has 0 saturated carbocycles. The van der Waals surface area contributed by atoms with E-state index in [0.717, 1.165) is 12.1 Å². The van der Waals surface area contributed by atoms with Crippen LogP contribution in [0.2, 0.25) is 0 Å². The van der Waals surface area contributed by atoms with Crippen molar-refractivity contribution >= 4 is 11.5 Å². The van der Waals surface area contributed by atoms with E-state index in [-0.39, 0.29) is 0 Å². The van der Waals surface area contributed by atoms with E-state index in [2.05, 4.69) is 27.1 Å². The van der Waals surface area contributed by atoms with E-state index in [1.165, 1.54) is 17.1 Å². The lowest BCUT2D eigenvalue weighted by molar-refractivity contribution is 1.02. The summed E-state index contributed by atoms with van der Waals surface area (Å²) in [5.41, 5.74) is 2.17. The molecule has 3 heteroatoms. The highest BCUT2D eigenvalue weighted by molar-refractivity contribution is 7.02. The molecular weight excluding hydrogens is 168 g/mol. The van der Waals surface area contributed by atoms with Crippen molar-refractivity contribution in [1.82, 2.24) is 9.59 Å². The van der Waals surface area contributed by atoms with E-state index in [9.17, 15) is 0 Å². The van der Waals surface area contributed by atoms with Crippen molar-refractivity contribution < 1.29 is 0 Å². The first kappa shape index (κ1) is 7.43. The van der Waals surface area contributed by atoms with Gasteiger partial charge >= 0.3 is 0 Å². The number of nitrogens with zero attached hydrogens (tertiary/aromatic N) is 2. The molecular formula is C9H7N2S. The fraction of sp³-hybridized carbons (Fsp3) is 0.111. The molecule has 12 heavy (non-hydrogen) atoms. The minimum atomic E-state index is 0.831. The van der Waals surface area contributed by atoms with Crippen molar-refractivity contribution in [2.45, 2.75) is 6.42 Å². The Morgan fingerprint density at radius 2 is 2.08 bits per heavy atom. The zero-order valence-corrected chi connectivity index (χ0v) is 7.21. The zero-order chi connectivity index (χ0) is 8.23. The molecule has 0 fully saturated rings. The van der Waals surface area contributed by atoms with Crippen molar-refractivity contribution in [2.75, 3.05) is 0 Å². The van der Waals surface area contributed by atoms with Crippen LogP contribution in [0.5, 0.6) is 0 Å². The van der Waals surface area contributed by atoms with E-state index in [1.807, 2.05) is 18.2 Å². The molecule has 0 atom stereocenters. The van der Waals surface area contributed by atoms with Gasteiger partial charge in [-0.05, 0) is 17.1 Å². The van der Waals surface area contributed by atoms with Gasteiger partial charge in [0.25, 0.3) is 0 Å². The van der Waals surface area contributed by atoms with Gasteiger partial charge in [-0.3, -0.25) is 0 Å². The van der Waals surface area contributed by atoms with Crippen LogP contribution in [0.1, 0.15) is 11.3 Å². The standard InChI is InChI=1S/C9H7N2S/c1-2-4-8(5-3-1)6-9-7-12-11-10-9/h1-5H,6H2. The maximum Gasteiger partial charge on any atom is 0.0924 e. The van der Waals surface area contributed by atoms with Gasteiger partial charge in [0.2, 0.25) is 0 Å². The van der Waals surface area contributed by atoms with Crippen LogP contribution in [-0.2, 0) is 6.42 Å². The molecule has 1 radical (unpaired) electrons. The largest absolute Gasteiger partial charge is 0.142 e. The maximum absolute atomic E-state index is 3.92. The second-order valence-electron chi connectivity index (χ2n) is 2.48. The molecule has 1 heterocycles. The average Bonchev–Trinajstić information content (AvgIpc) is 2.59. The number of rotatable bonds is 2. The summed E-state index contributed by atoms with van der Waals surface area (Å²) < 4.78 is 3.75. The molecule has 0 aliphatic carbocycles. The quantitative estimate of drug-likeness (QED) is 0.697. The van der Waals surface area contributed by atoms with E-state index >= 15 is 0 Å². The van der Waals surface area contributed by atoms with Crippen LogP contribution in [0.3, 0.4) is 0 Å². The molecule has 0 aliphatic heterocycles. The summed E-state index contributed by atoms with van der Waals surface area (Å²) in [7, 11) is 0. The Kier molecular flexibility index (Phi) is 2.14. The Hall–Kier alpha value is -1.22. The van der Waals surface area contributed by atoms with E-state index < -0.39 is 0 Å². The Labute approximate surface area is 75.0 Å². The van der Waals surface area contributed by atoms with Gasteiger partial charge in [0.1, 0.15) is 0 Å². The topological polar surface area (TPSA) is 25.8 Å². The van der Waals surface area contributed by atoms with Crippen molar-refractivity contribution in [2.24, 2.45) is 0 Å². The third-order valence-electron chi connectivity index (χ3n) is 1.58. The monoisotopic (exact) mass is 175 g/mol. The lowest BCUT2D eigenvalue weighted by atomic mass is 10.1. The summed E-state index contributed by atoms with van der Waals surface area (Å²) in [4.78, 5) is 0. The minimum absolute atomic E-state index is 0.831. The van der Waals surface area contributed by atoms with Crippen molar-refractivity contribution in [3.05, 3.63) is 47.0 Å². The summed E-state index contributed by atoms with van der Waals surface area (Å²) in [6.45, 7) is 0. The minimum Gasteiger partial charge on any atom is -0.142 e. The van der Waals surface area contributed by atoms with Gasteiger partial charge in [-0.2, -0.15) is 0 Å². The number of aromatic nitrogens is 2. The highest BCUT2D eigenvalue weighted by atomic mass is 32.1. The fourth-order valence-electron chi connectivity index (χ4n) is 1.02. The molecule has 0 spiro atoms. The smallest absolute Gasteiger partial charge is 0.0924 e. The summed E-state index contributed by atoms with van der Waals surface area (Å²) >= 11 is 1.27. The number of hydrogen-bond acceptors (Lipinski definition) is 3. The summed E-state index contributed by atoms with van der Waals surface area (Å²) in [6, 6.07) is 10.2. The van der Waals surface area contributed by atoms with E-state index in [0.29, 0.717) is 0 Å². The predicted octanol–water partition coefficient (Wildman–Crippen LogP) is 1.93. The molecule has 59 valence electrons. The highest BCUT2D eigenvalue weighted by Crippen LogP contribution is 2.06. The SMILES string of the molecule is [c]1snnc1Cc1ccccc1. The van der Waals surface area contributed by atoms with Gasteiger partial charge in [-0.25, -0.2) is 0 Å². The van der Waals surface area contributed by atoms with Crippen LogP contribution in [0.15, 0.2) is 30.3 Å². The molecule has 2 rings (SSSR count). The maximum atomic E-state index is 3.92. The Morgan fingerprint density at radius 1 is 1.25 bits per heavy atom. The fourth-order valence-corrected chi connectivity index (χ4v) is 1.42. The Morgan fingerprint density at radius 3 is 2.75 bits per heavy atom. The third kappa shape index (κ3) is 1.68. The van der Waals surface area contributed by atoms with Crippen LogP contribution in [0, 0.1) is 5.38 Å². The molecule has 0 amide bonds. The first-order valence-corrected chi connectivity index (χ1v) is 4.45. The summed E-state index contributed by atoms with van der Waals surface area (Å²) in [5, 5.41) is 6.93. The highest BCUT2D eigenvalue weighted by Gasteiger charge is 1.97. The van der Waals surface area contributed by atoms with Gasteiger partial charge in [-0.1, -0.05) is 34.8 Å². The second kappa shape index (κ2) is 3.45. The predicted molar refractivity (Wildman–Crippen MR) is 48.0 cm³/mol. The lowest BCUT2D eigenvalue weighted by Crippen LogP contribution is -1.87. The Bertz CT molecular complexity index is 329. The van der Waals surface area contributed by atoms with E-state index in [4.69, 9.17) is 0 Å². The van der Waals surface area contributed by atoms with Gasteiger partial charge in [0, 0.05) is 6.42 Å². The first-order chi connectivity index (χ1) is 5.95. The van der Waals surface area contributed by atoms with E-state index in [1.54, 1.807) is 0 Å². The normalized spacial score (nSPS) is 10.0. The Balaban J connectivity index is 2.15. The molecule has 2 nitrogen and oxygen atoms in total. The van der Waals surface area contributed by atoms with Crippen molar-refractivity contribution in [3.8, 4) is 0 Å². The van der Waals surface area contributed by atoms with Gasteiger partial charge in [0.05, 0.1) is 11.1 Å². The number of benzene rings is 1. The lowest BCUT2D eigenvalue weighted by Gasteiger charge is -1.94. The van der Waals surface area contributed by atoms with Crippen LogP contribution in [0.4, 0.5) is 0 Å². The zero-order valence-electron chi connectivity index (χ0n) is 6.40. The summed E-state index contributed by atoms with van der Waals surface area (Å²) in [5.74, 6) is 0. The van der Waals surface area contributed by atoms with Crippen LogP contribution in [-0.4, -0.2) is 9.59 Å².